The molecule has 7 heteroatoms. The number of benzene rings is 1. The van der Waals surface area contributed by atoms with Crippen LogP contribution in [-0.4, -0.2) is 15.9 Å². The van der Waals surface area contributed by atoms with Gasteiger partial charge in [0.25, 0.3) is 0 Å². The SMILES string of the molecule is Cc1ccncc1-c1cc2cc(NC(=O)C=C3CC4(CCC(C#N)CC4)C3)ncc2c(N)c1F. The van der Waals surface area contributed by atoms with Crippen molar-refractivity contribution in [2.45, 2.75) is 45.4 Å². The maximum absolute atomic E-state index is 15.0. The first-order valence-electron chi connectivity index (χ1n) is 11.6. The van der Waals surface area contributed by atoms with Crippen molar-refractivity contribution >= 4 is 28.2 Å². The van der Waals surface area contributed by atoms with Crippen molar-refractivity contribution in [3.63, 3.8) is 0 Å². The molecular formula is C27H26FN5O. The zero-order valence-electron chi connectivity index (χ0n) is 19.1. The molecule has 2 saturated carbocycles. The molecule has 3 N–H and O–H groups in total. The summed E-state index contributed by atoms with van der Waals surface area (Å²) >= 11 is 0. The van der Waals surface area contributed by atoms with E-state index in [9.17, 15) is 4.79 Å². The van der Waals surface area contributed by atoms with Crippen LogP contribution < -0.4 is 11.1 Å². The molecule has 2 aliphatic carbocycles. The fraction of sp³-hybridized carbons (Fsp3) is 0.333. The number of allylic oxidation sites excluding steroid dienone is 1. The van der Waals surface area contributed by atoms with Crippen LogP contribution >= 0.6 is 0 Å². The second-order valence-corrected chi connectivity index (χ2v) is 9.68. The number of pyridine rings is 2. The third-order valence-corrected chi connectivity index (χ3v) is 7.35. The summed E-state index contributed by atoms with van der Waals surface area (Å²) in [4.78, 5) is 21.0. The summed E-state index contributed by atoms with van der Waals surface area (Å²) in [5.41, 5.74) is 9.45. The Morgan fingerprint density at radius 2 is 2.03 bits per heavy atom. The molecule has 1 aromatic carbocycles. The molecule has 2 aromatic heterocycles. The number of nitrogen functional groups attached to an aromatic ring is 1. The molecule has 1 spiro atoms. The number of rotatable bonds is 3. The first-order valence-corrected chi connectivity index (χ1v) is 11.6. The van der Waals surface area contributed by atoms with Crippen LogP contribution in [0.1, 0.15) is 44.1 Å². The summed E-state index contributed by atoms with van der Waals surface area (Å²) in [6, 6.07) is 7.62. The second kappa shape index (κ2) is 8.53. The van der Waals surface area contributed by atoms with Crippen molar-refractivity contribution in [2.24, 2.45) is 11.3 Å². The highest BCUT2D eigenvalue weighted by atomic mass is 19.1. The fourth-order valence-electron chi connectivity index (χ4n) is 5.38. The molecule has 2 aliphatic rings. The van der Waals surface area contributed by atoms with Crippen LogP contribution in [0.4, 0.5) is 15.9 Å². The predicted molar refractivity (Wildman–Crippen MR) is 130 cm³/mol. The zero-order chi connectivity index (χ0) is 23.9. The van der Waals surface area contributed by atoms with Gasteiger partial charge in [-0.05, 0) is 80.0 Å². The van der Waals surface area contributed by atoms with Gasteiger partial charge in [0.1, 0.15) is 5.82 Å². The van der Waals surface area contributed by atoms with Crippen molar-refractivity contribution in [1.29, 1.82) is 5.26 Å². The predicted octanol–water partition coefficient (Wildman–Crippen LogP) is 5.69. The molecule has 2 fully saturated rings. The minimum Gasteiger partial charge on any atom is -0.396 e. The van der Waals surface area contributed by atoms with E-state index in [2.05, 4.69) is 21.4 Å². The van der Waals surface area contributed by atoms with E-state index in [-0.39, 0.29) is 22.9 Å². The lowest BCUT2D eigenvalue weighted by atomic mass is 9.57. The number of anilines is 2. The number of amides is 1. The second-order valence-electron chi connectivity index (χ2n) is 9.68. The average molecular weight is 456 g/mol. The Kier molecular flexibility index (Phi) is 5.52. The molecule has 0 atom stereocenters. The normalized spacial score (nSPS) is 21.7. The standard InChI is InChI=1S/C27H26FN5O/c1-16-4-7-31-14-21(16)20-9-19-10-23(32-15-22(19)26(30)25(20)28)33-24(34)8-18-11-27(12-18)5-2-17(13-29)3-6-27/h4,7-10,14-15,17H,2-3,5-6,11-12,30H2,1H3,(H,32,33,34). The highest BCUT2D eigenvalue weighted by molar-refractivity contribution is 6.02. The van der Waals surface area contributed by atoms with E-state index in [1.807, 2.05) is 13.0 Å². The minimum atomic E-state index is -0.505. The molecule has 1 amide bonds. The molecule has 0 bridgehead atoms. The molecule has 3 aromatic rings. The maximum atomic E-state index is 15.0. The summed E-state index contributed by atoms with van der Waals surface area (Å²) in [6.45, 7) is 1.89. The van der Waals surface area contributed by atoms with Gasteiger partial charge in [-0.2, -0.15) is 5.26 Å². The van der Waals surface area contributed by atoms with E-state index in [0.29, 0.717) is 27.7 Å². The number of nitriles is 1. The fourth-order valence-corrected chi connectivity index (χ4v) is 5.38. The van der Waals surface area contributed by atoms with Gasteiger partial charge in [0.2, 0.25) is 5.91 Å². The topological polar surface area (TPSA) is 105 Å². The molecule has 0 saturated heterocycles. The van der Waals surface area contributed by atoms with E-state index in [4.69, 9.17) is 11.0 Å². The Morgan fingerprint density at radius 1 is 1.26 bits per heavy atom. The quantitative estimate of drug-likeness (QED) is 0.390. The average Bonchev–Trinajstić information content (AvgIpc) is 2.81. The van der Waals surface area contributed by atoms with E-state index in [1.54, 1.807) is 30.6 Å². The Hall–Kier alpha value is -3.79. The molecule has 172 valence electrons. The Labute approximate surface area is 197 Å². The number of nitrogens with zero attached hydrogens (tertiary/aromatic N) is 3. The Morgan fingerprint density at radius 3 is 2.74 bits per heavy atom. The van der Waals surface area contributed by atoms with Crippen molar-refractivity contribution < 1.29 is 9.18 Å². The molecule has 0 aliphatic heterocycles. The minimum absolute atomic E-state index is 0.0223. The molecule has 5 rings (SSSR count). The lowest BCUT2D eigenvalue weighted by molar-refractivity contribution is -0.112. The number of hydrogen-bond donors (Lipinski definition) is 2. The number of nitrogens with two attached hydrogens (primary N) is 1. The largest absolute Gasteiger partial charge is 0.396 e. The van der Waals surface area contributed by atoms with Gasteiger partial charge in [-0.15, -0.1) is 0 Å². The number of halogens is 1. The van der Waals surface area contributed by atoms with Crippen LogP contribution in [0, 0.1) is 35.4 Å². The van der Waals surface area contributed by atoms with Gasteiger partial charge >= 0.3 is 0 Å². The highest BCUT2D eigenvalue weighted by Crippen LogP contribution is 2.55. The van der Waals surface area contributed by atoms with E-state index < -0.39 is 5.82 Å². The van der Waals surface area contributed by atoms with Crippen LogP contribution in [0.15, 0.2) is 48.4 Å². The van der Waals surface area contributed by atoms with E-state index in [0.717, 1.165) is 49.7 Å². The number of fused-ring (bicyclic) bond motifs is 1. The van der Waals surface area contributed by atoms with Crippen LogP contribution in [-0.2, 0) is 4.79 Å². The number of aryl methyl sites for hydroxylation is 1. The molecule has 6 nitrogen and oxygen atoms in total. The van der Waals surface area contributed by atoms with Crippen LogP contribution in [0.5, 0.6) is 0 Å². The number of carbonyl (C=O) groups is 1. The molecule has 0 radical (unpaired) electrons. The first kappa shape index (κ1) is 22.0. The number of aromatic nitrogens is 2. The van der Waals surface area contributed by atoms with Crippen molar-refractivity contribution in [2.75, 3.05) is 11.1 Å². The summed E-state index contributed by atoms with van der Waals surface area (Å²) in [5, 5.41) is 13.1. The van der Waals surface area contributed by atoms with E-state index in [1.165, 1.54) is 6.20 Å². The van der Waals surface area contributed by atoms with Crippen molar-refractivity contribution in [3.05, 3.63) is 59.8 Å². The number of hydrogen-bond acceptors (Lipinski definition) is 5. The smallest absolute Gasteiger partial charge is 0.249 e. The lowest BCUT2D eigenvalue weighted by Crippen LogP contribution is -2.36. The van der Waals surface area contributed by atoms with E-state index >= 15 is 4.39 Å². The molecule has 0 unspecified atom stereocenters. The maximum Gasteiger partial charge on any atom is 0.249 e. The summed E-state index contributed by atoms with van der Waals surface area (Å²) in [7, 11) is 0. The zero-order valence-corrected chi connectivity index (χ0v) is 19.1. The van der Waals surface area contributed by atoms with Gasteiger partial charge in [0.15, 0.2) is 5.82 Å². The van der Waals surface area contributed by atoms with Crippen LogP contribution in [0.2, 0.25) is 0 Å². The summed E-state index contributed by atoms with van der Waals surface area (Å²) < 4.78 is 15.0. The third-order valence-electron chi connectivity index (χ3n) is 7.35. The Bertz CT molecular complexity index is 1360. The Balaban J connectivity index is 1.33. The van der Waals surface area contributed by atoms with Crippen LogP contribution in [0.25, 0.3) is 21.9 Å². The van der Waals surface area contributed by atoms with Gasteiger partial charge in [-0.3, -0.25) is 9.78 Å². The van der Waals surface area contributed by atoms with Gasteiger partial charge in [-0.1, -0.05) is 5.57 Å². The van der Waals surface area contributed by atoms with Crippen LogP contribution in [0.3, 0.4) is 0 Å². The van der Waals surface area contributed by atoms with Gasteiger partial charge in [0.05, 0.1) is 11.8 Å². The monoisotopic (exact) mass is 455 g/mol. The highest BCUT2D eigenvalue weighted by Gasteiger charge is 2.43. The number of nitrogens with one attached hydrogen (secondary N) is 1. The van der Waals surface area contributed by atoms with Crippen molar-refractivity contribution in [3.8, 4) is 17.2 Å². The third kappa shape index (κ3) is 4.01. The summed E-state index contributed by atoms with van der Waals surface area (Å²) in [6.07, 6.45) is 12.3. The molecular weight excluding hydrogens is 429 g/mol. The number of carbonyl (C=O) groups excluding carboxylic acids is 1. The first-order chi connectivity index (χ1) is 16.4. The molecule has 34 heavy (non-hydrogen) atoms. The van der Waals surface area contributed by atoms with Crippen molar-refractivity contribution in [1.82, 2.24) is 9.97 Å². The molecule has 2 heterocycles. The summed E-state index contributed by atoms with van der Waals surface area (Å²) in [5.74, 6) is -0.153. The van der Waals surface area contributed by atoms with Gasteiger partial charge < -0.3 is 11.1 Å². The lowest BCUT2D eigenvalue weighted by Gasteiger charge is -2.47. The van der Waals surface area contributed by atoms with Gasteiger partial charge in [-0.25, -0.2) is 9.37 Å². The van der Waals surface area contributed by atoms with Gasteiger partial charge in [0, 0.05) is 47.1 Å².